The summed E-state index contributed by atoms with van der Waals surface area (Å²) in [7, 11) is 0. The van der Waals surface area contributed by atoms with Crippen LogP contribution in [0.15, 0.2) is 24.3 Å². The minimum atomic E-state index is -0.803. The summed E-state index contributed by atoms with van der Waals surface area (Å²) in [5, 5.41) is 26.5. The van der Waals surface area contributed by atoms with Crippen LogP contribution in [-0.4, -0.2) is 28.0 Å². The molecule has 3 nitrogen and oxygen atoms in total. The Balaban J connectivity index is 2.52. The van der Waals surface area contributed by atoms with E-state index in [2.05, 4.69) is 23.7 Å². The first kappa shape index (κ1) is 12.1. The van der Waals surface area contributed by atoms with Crippen LogP contribution in [-0.2, 0) is 0 Å². The van der Waals surface area contributed by atoms with Crippen molar-refractivity contribution in [3.05, 3.63) is 29.8 Å². The van der Waals surface area contributed by atoms with Crippen molar-refractivity contribution in [2.24, 2.45) is 0 Å². The van der Waals surface area contributed by atoms with E-state index in [4.69, 9.17) is 15.3 Å². The highest BCUT2D eigenvalue weighted by Crippen LogP contribution is 2.07. The summed E-state index contributed by atoms with van der Waals surface area (Å²) in [5.41, 5.74) is 0.759. The first-order chi connectivity index (χ1) is 7.72. The molecule has 0 bridgehead atoms. The average Bonchev–Trinajstić information content (AvgIpc) is 2.31. The van der Waals surface area contributed by atoms with E-state index in [9.17, 15) is 0 Å². The van der Waals surface area contributed by atoms with E-state index in [-0.39, 0.29) is 18.8 Å². The molecule has 1 aromatic rings. The number of hydrogen-bond donors (Lipinski definition) is 3. The van der Waals surface area contributed by atoms with E-state index in [0.29, 0.717) is 0 Å². The number of rotatable bonds is 2. The molecule has 1 unspecified atom stereocenters. The lowest BCUT2D eigenvalue weighted by Crippen LogP contribution is -2.09. The predicted molar refractivity (Wildman–Crippen MR) is 60.5 cm³/mol. The summed E-state index contributed by atoms with van der Waals surface area (Å²) >= 11 is 0. The Morgan fingerprint density at radius 2 is 1.81 bits per heavy atom. The monoisotopic (exact) mass is 216 g/mol. The fourth-order valence-corrected chi connectivity index (χ4v) is 0.926. The second-order valence-corrected chi connectivity index (χ2v) is 3.14. The Labute approximate surface area is 94.4 Å². The second kappa shape index (κ2) is 6.53. The van der Waals surface area contributed by atoms with Crippen molar-refractivity contribution >= 4 is 0 Å². The van der Waals surface area contributed by atoms with Crippen molar-refractivity contribution in [2.45, 2.75) is 12.5 Å². The molecular weight excluding hydrogens is 204 g/mol. The molecule has 0 spiro atoms. The Morgan fingerprint density at radius 3 is 2.44 bits per heavy atom. The van der Waals surface area contributed by atoms with Gasteiger partial charge in [0.25, 0.3) is 0 Å². The van der Waals surface area contributed by atoms with Gasteiger partial charge in [0.1, 0.15) is 5.75 Å². The van der Waals surface area contributed by atoms with Gasteiger partial charge in [0.15, 0.2) is 0 Å². The van der Waals surface area contributed by atoms with Gasteiger partial charge in [0.05, 0.1) is 12.7 Å². The Hall–Kier alpha value is -1.94. The van der Waals surface area contributed by atoms with Gasteiger partial charge < -0.3 is 15.3 Å². The molecule has 16 heavy (non-hydrogen) atoms. The Kier molecular flexibility index (Phi) is 4.95. The molecule has 3 N–H and O–H groups in total. The van der Waals surface area contributed by atoms with Crippen molar-refractivity contribution in [1.29, 1.82) is 0 Å². The number of aliphatic hydroxyl groups is 2. The van der Waals surface area contributed by atoms with Crippen LogP contribution >= 0.6 is 0 Å². The SMILES string of the molecule is OCC(O)CC#CC#Cc1ccc(O)cc1. The molecule has 0 saturated heterocycles. The van der Waals surface area contributed by atoms with E-state index in [1.807, 2.05) is 0 Å². The van der Waals surface area contributed by atoms with Gasteiger partial charge in [0, 0.05) is 12.0 Å². The van der Waals surface area contributed by atoms with Gasteiger partial charge in [-0.25, -0.2) is 0 Å². The van der Waals surface area contributed by atoms with Crippen LogP contribution < -0.4 is 0 Å². The first-order valence-corrected chi connectivity index (χ1v) is 4.79. The summed E-state index contributed by atoms with van der Waals surface area (Å²) in [6.07, 6.45) is -0.594. The standard InChI is InChI=1S/C13H12O3/c14-10-13(16)5-3-1-2-4-11-6-8-12(15)9-7-11/h6-9,13-16H,5,10H2. The molecule has 0 aliphatic carbocycles. The van der Waals surface area contributed by atoms with Crippen LogP contribution in [0.5, 0.6) is 5.75 Å². The van der Waals surface area contributed by atoms with E-state index < -0.39 is 6.10 Å². The third-order valence-corrected chi connectivity index (χ3v) is 1.77. The van der Waals surface area contributed by atoms with E-state index in [0.717, 1.165) is 5.56 Å². The van der Waals surface area contributed by atoms with Crippen molar-refractivity contribution in [3.63, 3.8) is 0 Å². The lowest BCUT2D eigenvalue weighted by atomic mass is 10.2. The lowest BCUT2D eigenvalue weighted by molar-refractivity contribution is 0.0992. The third-order valence-electron chi connectivity index (χ3n) is 1.77. The first-order valence-electron chi connectivity index (χ1n) is 4.79. The molecule has 0 radical (unpaired) electrons. The van der Waals surface area contributed by atoms with Crippen molar-refractivity contribution in [1.82, 2.24) is 0 Å². The Bertz CT molecular complexity index is 440. The number of phenolic OH excluding ortho intramolecular Hbond substituents is 1. The van der Waals surface area contributed by atoms with Gasteiger partial charge in [-0.05, 0) is 36.1 Å². The van der Waals surface area contributed by atoms with Crippen LogP contribution in [0.25, 0.3) is 0 Å². The topological polar surface area (TPSA) is 60.7 Å². The van der Waals surface area contributed by atoms with Crippen molar-refractivity contribution in [2.75, 3.05) is 6.61 Å². The highest BCUT2D eigenvalue weighted by Gasteiger charge is 1.95. The quantitative estimate of drug-likeness (QED) is 0.630. The van der Waals surface area contributed by atoms with Crippen LogP contribution in [0.4, 0.5) is 0 Å². The van der Waals surface area contributed by atoms with Crippen LogP contribution in [0.3, 0.4) is 0 Å². The molecule has 0 heterocycles. The number of hydrogen-bond acceptors (Lipinski definition) is 3. The summed E-state index contributed by atoms with van der Waals surface area (Å²) in [6.45, 7) is -0.292. The molecule has 0 aliphatic rings. The molecule has 1 aromatic carbocycles. The molecule has 0 amide bonds. The van der Waals surface area contributed by atoms with Crippen LogP contribution in [0.1, 0.15) is 12.0 Å². The van der Waals surface area contributed by atoms with Gasteiger partial charge in [0.2, 0.25) is 0 Å². The summed E-state index contributed by atoms with van der Waals surface area (Å²) in [4.78, 5) is 0. The van der Waals surface area contributed by atoms with Crippen molar-refractivity contribution in [3.8, 4) is 29.4 Å². The maximum Gasteiger partial charge on any atom is 0.115 e. The van der Waals surface area contributed by atoms with Gasteiger partial charge in [-0.2, -0.15) is 0 Å². The van der Waals surface area contributed by atoms with E-state index in [1.54, 1.807) is 24.3 Å². The number of benzene rings is 1. The minimum Gasteiger partial charge on any atom is -0.508 e. The molecule has 0 saturated carbocycles. The molecule has 1 atom stereocenters. The average molecular weight is 216 g/mol. The molecule has 0 aliphatic heterocycles. The highest BCUT2D eigenvalue weighted by molar-refractivity contribution is 5.41. The molecule has 3 heteroatoms. The number of aromatic hydroxyl groups is 1. The molecule has 0 fully saturated rings. The third kappa shape index (κ3) is 4.52. The maximum absolute atomic E-state index is 9.03. The number of aliphatic hydroxyl groups excluding tert-OH is 2. The smallest absolute Gasteiger partial charge is 0.115 e. The highest BCUT2D eigenvalue weighted by atomic mass is 16.3. The predicted octanol–water partition coefficient (Wildman–Crippen LogP) is 0.490. The molecular formula is C13H12O3. The van der Waals surface area contributed by atoms with Gasteiger partial charge in [-0.1, -0.05) is 11.8 Å². The van der Waals surface area contributed by atoms with E-state index >= 15 is 0 Å². The zero-order chi connectivity index (χ0) is 11.8. The summed E-state index contributed by atoms with van der Waals surface area (Å²) in [5.74, 6) is 10.8. The van der Waals surface area contributed by atoms with Crippen LogP contribution in [0.2, 0.25) is 0 Å². The largest absolute Gasteiger partial charge is 0.508 e. The molecule has 82 valence electrons. The van der Waals surface area contributed by atoms with Gasteiger partial charge >= 0.3 is 0 Å². The van der Waals surface area contributed by atoms with Crippen LogP contribution in [0, 0.1) is 23.7 Å². The zero-order valence-electron chi connectivity index (χ0n) is 8.64. The summed E-state index contributed by atoms with van der Waals surface area (Å²) in [6, 6.07) is 6.47. The minimum absolute atomic E-state index is 0.197. The molecule has 0 aromatic heterocycles. The molecule has 1 rings (SSSR count). The normalized spacial score (nSPS) is 10.6. The Morgan fingerprint density at radius 1 is 1.12 bits per heavy atom. The second-order valence-electron chi connectivity index (χ2n) is 3.14. The van der Waals surface area contributed by atoms with Gasteiger partial charge in [-0.3, -0.25) is 0 Å². The zero-order valence-corrected chi connectivity index (χ0v) is 8.64. The van der Waals surface area contributed by atoms with Crippen molar-refractivity contribution < 1.29 is 15.3 Å². The summed E-state index contributed by atoms with van der Waals surface area (Å²) < 4.78 is 0. The van der Waals surface area contributed by atoms with E-state index in [1.165, 1.54) is 0 Å². The lowest BCUT2D eigenvalue weighted by Gasteiger charge is -1.97. The fraction of sp³-hybridized carbons (Fsp3) is 0.231. The number of phenols is 1. The fourth-order valence-electron chi connectivity index (χ4n) is 0.926. The maximum atomic E-state index is 9.03. The van der Waals surface area contributed by atoms with Gasteiger partial charge in [-0.15, -0.1) is 0 Å².